The van der Waals surface area contributed by atoms with Crippen LogP contribution in [0.3, 0.4) is 0 Å². The third-order valence-corrected chi connectivity index (χ3v) is 3.89. The Bertz CT molecular complexity index is 538. The molecule has 106 valence electrons. The average molecular weight is 271 g/mol. The van der Waals surface area contributed by atoms with E-state index in [1.165, 1.54) is 5.56 Å². The van der Waals surface area contributed by atoms with Crippen molar-refractivity contribution in [2.45, 2.75) is 12.5 Å². The van der Waals surface area contributed by atoms with Gasteiger partial charge in [0.2, 0.25) is 0 Å². The predicted octanol–water partition coefficient (Wildman–Crippen LogP) is 2.04. The molecule has 1 aromatic carbocycles. The van der Waals surface area contributed by atoms with Crippen molar-refractivity contribution in [1.82, 2.24) is 14.5 Å². The van der Waals surface area contributed by atoms with Crippen LogP contribution in [0.2, 0.25) is 0 Å². The molecule has 0 saturated carbocycles. The van der Waals surface area contributed by atoms with Crippen LogP contribution in [-0.2, 0) is 18.2 Å². The van der Waals surface area contributed by atoms with Crippen LogP contribution in [0.5, 0.6) is 0 Å². The lowest BCUT2D eigenvalue weighted by Gasteiger charge is -2.33. The minimum Gasteiger partial charge on any atom is -0.371 e. The van der Waals surface area contributed by atoms with E-state index in [4.69, 9.17) is 4.74 Å². The highest BCUT2D eigenvalue weighted by Crippen LogP contribution is 2.21. The predicted molar refractivity (Wildman–Crippen MR) is 78.5 cm³/mol. The fraction of sp³-hybridized carbons (Fsp3) is 0.438. The van der Waals surface area contributed by atoms with E-state index in [0.29, 0.717) is 0 Å². The minimum absolute atomic E-state index is 0.200. The van der Waals surface area contributed by atoms with Crippen LogP contribution in [0.1, 0.15) is 17.5 Å². The molecule has 20 heavy (non-hydrogen) atoms. The number of aryl methyl sites for hydroxylation is 1. The molecule has 1 aliphatic heterocycles. The summed E-state index contributed by atoms with van der Waals surface area (Å²) in [5.74, 6) is 1.15. The Kier molecular flexibility index (Phi) is 4.14. The van der Waals surface area contributed by atoms with Gasteiger partial charge in [-0.2, -0.15) is 0 Å². The first kappa shape index (κ1) is 13.3. The number of benzene rings is 1. The summed E-state index contributed by atoms with van der Waals surface area (Å²) in [5.41, 5.74) is 1.27. The van der Waals surface area contributed by atoms with Gasteiger partial charge in [0, 0.05) is 45.5 Å². The van der Waals surface area contributed by atoms with Crippen LogP contribution >= 0.6 is 0 Å². The van der Waals surface area contributed by atoms with Gasteiger partial charge in [0.15, 0.2) is 0 Å². The summed E-state index contributed by atoms with van der Waals surface area (Å²) in [5, 5.41) is 0. The number of aromatic nitrogens is 2. The first-order valence-electron chi connectivity index (χ1n) is 7.18. The molecular formula is C16H21N3O. The number of ether oxygens (including phenoxy) is 1. The van der Waals surface area contributed by atoms with Gasteiger partial charge in [-0.15, -0.1) is 0 Å². The fourth-order valence-corrected chi connectivity index (χ4v) is 2.67. The number of morpholine rings is 1. The van der Waals surface area contributed by atoms with E-state index in [1.54, 1.807) is 0 Å². The van der Waals surface area contributed by atoms with Crippen LogP contribution < -0.4 is 0 Å². The summed E-state index contributed by atoms with van der Waals surface area (Å²) >= 11 is 0. The van der Waals surface area contributed by atoms with E-state index < -0.39 is 0 Å². The van der Waals surface area contributed by atoms with Gasteiger partial charge in [-0.1, -0.05) is 30.3 Å². The first-order valence-corrected chi connectivity index (χ1v) is 7.18. The normalized spacial score (nSPS) is 20.1. The lowest BCUT2D eigenvalue weighted by atomic mass is 10.1. The smallest absolute Gasteiger partial charge is 0.109 e. The quantitative estimate of drug-likeness (QED) is 0.852. The van der Waals surface area contributed by atoms with Crippen LogP contribution in [0.4, 0.5) is 0 Å². The molecule has 0 radical (unpaired) electrons. The minimum atomic E-state index is 0.200. The zero-order valence-corrected chi connectivity index (χ0v) is 11.9. The van der Waals surface area contributed by atoms with Crippen molar-refractivity contribution in [3.8, 4) is 0 Å². The van der Waals surface area contributed by atoms with Crippen molar-refractivity contribution in [2.24, 2.45) is 7.05 Å². The molecule has 1 aliphatic rings. The lowest BCUT2D eigenvalue weighted by Crippen LogP contribution is -2.39. The van der Waals surface area contributed by atoms with Crippen molar-refractivity contribution in [3.05, 3.63) is 54.1 Å². The van der Waals surface area contributed by atoms with Gasteiger partial charge in [0.05, 0.1) is 12.7 Å². The summed E-state index contributed by atoms with van der Waals surface area (Å²) in [6.07, 6.45) is 5.06. The third kappa shape index (κ3) is 3.08. The largest absolute Gasteiger partial charge is 0.371 e. The number of hydrogen-bond acceptors (Lipinski definition) is 3. The Balaban J connectivity index is 1.57. The van der Waals surface area contributed by atoms with Crippen LogP contribution in [0.15, 0.2) is 42.7 Å². The molecule has 0 amide bonds. The molecule has 4 nitrogen and oxygen atoms in total. The van der Waals surface area contributed by atoms with Gasteiger partial charge in [0.1, 0.15) is 5.82 Å². The fourth-order valence-electron chi connectivity index (χ4n) is 2.67. The van der Waals surface area contributed by atoms with Gasteiger partial charge < -0.3 is 9.30 Å². The Morgan fingerprint density at radius 3 is 2.90 bits per heavy atom. The lowest BCUT2D eigenvalue weighted by molar-refractivity contribution is -0.0297. The van der Waals surface area contributed by atoms with E-state index in [1.807, 2.05) is 18.5 Å². The second-order valence-electron chi connectivity index (χ2n) is 5.28. The zero-order valence-electron chi connectivity index (χ0n) is 11.9. The highest BCUT2D eigenvalue weighted by molar-refractivity contribution is 5.18. The molecule has 1 aromatic heterocycles. The Labute approximate surface area is 120 Å². The maximum absolute atomic E-state index is 5.89. The van der Waals surface area contributed by atoms with E-state index in [2.05, 4.69) is 45.8 Å². The standard InChI is InChI=1S/C16H21N3O/c1-18-10-8-17-16(18)7-9-19-11-12-20-15(13-19)14-5-3-2-4-6-14/h2-6,8,10,15H,7,9,11-13H2,1H3. The van der Waals surface area contributed by atoms with E-state index >= 15 is 0 Å². The first-order chi connectivity index (χ1) is 9.83. The maximum Gasteiger partial charge on any atom is 0.109 e. The average Bonchev–Trinajstić information content (AvgIpc) is 2.92. The van der Waals surface area contributed by atoms with Gasteiger partial charge in [-0.3, -0.25) is 4.90 Å². The topological polar surface area (TPSA) is 30.3 Å². The summed E-state index contributed by atoms with van der Waals surface area (Å²) in [7, 11) is 2.05. The molecule has 1 atom stereocenters. The number of nitrogens with zero attached hydrogens (tertiary/aromatic N) is 3. The summed E-state index contributed by atoms with van der Waals surface area (Å²) in [6.45, 7) is 3.82. The molecule has 1 unspecified atom stereocenters. The number of imidazole rings is 1. The van der Waals surface area contributed by atoms with E-state index in [-0.39, 0.29) is 6.10 Å². The molecule has 0 spiro atoms. The second-order valence-corrected chi connectivity index (χ2v) is 5.28. The van der Waals surface area contributed by atoms with Gasteiger partial charge >= 0.3 is 0 Å². The van der Waals surface area contributed by atoms with Crippen LogP contribution in [0.25, 0.3) is 0 Å². The van der Waals surface area contributed by atoms with Crippen molar-refractivity contribution < 1.29 is 4.74 Å². The van der Waals surface area contributed by atoms with Gasteiger partial charge in [0.25, 0.3) is 0 Å². The summed E-state index contributed by atoms with van der Waals surface area (Å²) < 4.78 is 7.98. The van der Waals surface area contributed by atoms with Crippen molar-refractivity contribution in [3.63, 3.8) is 0 Å². The summed E-state index contributed by atoms with van der Waals surface area (Å²) in [4.78, 5) is 6.85. The Hall–Kier alpha value is -1.65. The molecule has 4 heteroatoms. The SMILES string of the molecule is Cn1ccnc1CCN1CCOC(c2ccccc2)C1. The molecule has 0 bridgehead atoms. The molecule has 0 N–H and O–H groups in total. The van der Waals surface area contributed by atoms with Crippen molar-refractivity contribution in [2.75, 3.05) is 26.2 Å². The molecule has 2 heterocycles. The molecule has 2 aromatic rings. The second kappa shape index (κ2) is 6.20. The highest BCUT2D eigenvalue weighted by atomic mass is 16.5. The van der Waals surface area contributed by atoms with Gasteiger partial charge in [-0.25, -0.2) is 4.98 Å². The zero-order chi connectivity index (χ0) is 13.8. The summed E-state index contributed by atoms with van der Waals surface area (Å²) in [6, 6.07) is 10.5. The molecule has 1 saturated heterocycles. The number of hydrogen-bond donors (Lipinski definition) is 0. The van der Waals surface area contributed by atoms with Crippen LogP contribution in [0, 0.1) is 0 Å². The Morgan fingerprint density at radius 2 is 2.15 bits per heavy atom. The molecule has 0 aliphatic carbocycles. The number of rotatable bonds is 4. The van der Waals surface area contributed by atoms with E-state index in [9.17, 15) is 0 Å². The molecular weight excluding hydrogens is 250 g/mol. The molecule has 3 rings (SSSR count). The van der Waals surface area contributed by atoms with Gasteiger partial charge in [-0.05, 0) is 5.56 Å². The maximum atomic E-state index is 5.89. The van der Waals surface area contributed by atoms with Crippen molar-refractivity contribution >= 4 is 0 Å². The monoisotopic (exact) mass is 271 g/mol. The van der Waals surface area contributed by atoms with E-state index in [0.717, 1.165) is 38.5 Å². The third-order valence-electron chi connectivity index (χ3n) is 3.89. The Morgan fingerprint density at radius 1 is 1.30 bits per heavy atom. The molecule has 1 fully saturated rings. The van der Waals surface area contributed by atoms with Crippen LogP contribution in [-0.4, -0.2) is 40.7 Å². The van der Waals surface area contributed by atoms with Crippen molar-refractivity contribution in [1.29, 1.82) is 0 Å². The highest BCUT2D eigenvalue weighted by Gasteiger charge is 2.21.